The second-order valence-electron chi connectivity index (χ2n) is 5.19. The molecule has 2 aliphatic heterocycles. The number of nitrogens with zero attached hydrogens (tertiary/aromatic N) is 1. The van der Waals surface area contributed by atoms with E-state index in [1.165, 1.54) is 24.0 Å². The van der Waals surface area contributed by atoms with Gasteiger partial charge in [-0.25, -0.2) is 0 Å². The molecule has 0 aromatic heterocycles. The minimum absolute atomic E-state index is 0. The number of halogens is 1. The summed E-state index contributed by atoms with van der Waals surface area (Å²) in [4.78, 5) is 2.31. The average molecular weight is 254 g/mol. The van der Waals surface area contributed by atoms with Gasteiger partial charge in [0, 0.05) is 6.04 Å². The smallest absolute Gasteiger partial charge is 0.0986 e. The first-order chi connectivity index (χ1) is 7.75. The van der Waals surface area contributed by atoms with Gasteiger partial charge in [0.25, 0.3) is 0 Å². The summed E-state index contributed by atoms with van der Waals surface area (Å²) in [6.07, 6.45) is 4.31. The maximum Gasteiger partial charge on any atom is 0.0986 e. The molecule has 1 fully saturated rings. The Morgan fingerprint density at radius 1 is 1.18 bits per heavy atom. The van der Waals surface area contributed by atoms with Gasteiger partial charge in [0.2, 0.25) is 0 Å². The summed E-state index contributed by atoms with van der Waals surface area (Å²) in [5, 5.41) is 0. The molecule has 0 amide bonds. The van der Waals surface area contributed by atoms with Crippen molar-refractivity contribution in [3.8, 4) is 0 Å². The van der Waals surface area contributed by atoms with Gasteiger partial charge < -0.3 is 9.64 Å². The van der Waals surface area contributed by atoms with Crippen molar-refractivity contribution in [2.24, 2.45) is 0 Å². The summed E-state index contributed by atoms with van der Waals surface area (Å²) < 4.78 is 6.18. The number of hydrogen-bond acceptors (Lipinski definition) is 2. The third kappa shape index (κ3) is 2.22. The van der Waals surface area contributed by atoms with Crippen LogP contribution in [-0.2, 0) is 11.2 Å². The van der Waals surface area contributed by atoms with Crippen LogP contribution in [0.15, 0.2) is 24.3 Å². The summed E-state index contributed by atoms with van der Waals surface area (Å²) in [6.45, 7) is 0. The Hall–Kier alpha value is -0.570. The van der Waals surface area contributed by atoms with Crippen LogP contribution in [0.4, 0.5) is 0 Å². The van der Waals surface area contributed by atoms with Gasteiger partial charge in [-0.3, -0.25) is 0 Å². The minimum atomic E-state index is 0. The average Bonchev–Trinajstić information content (AvgIpc) is 2.29. The van der Waals surface area contributed by atoms with Crippen molar-refractivity contribution in [1.29, 1.82) is 0 Å². The van der Waals surface area contributed by atoms with E-state index in [1.807, 2.05) is 0 Å². The van der Waals surface area contributed by atoms with E-state index < -0.39 is 0 Å². The summed E-state index contributed by atoms with van der Waals surface area (Å²) >= 11 is 0. The van der Waals surface area contributed by atoms with Crippen LogP contribution in [0.3, 0.4) is 0 Å². The minimum Gasteiger partial charge on any atom is -0.368 e. The molecule has 0 saturated carbocycles. The molecule has 94 valence electrons. The van der Waals surface area contributed by atoms with Crippen LogP contribution in [0.25, 0.3) is 0 Å². The van der Waals surface area contributed by atoms with Crippen molar-refractivity contribution in [2.45, 2.75) is 37.5 Å². The van der Waals surface area contributed by atoms with Gasteiger partial charge in [-0.2, -0.15) is 0 Å². The highest BCUT2D eigenvalue weighted by molar-refractivity contribution is 5.85. The Morgan fingerprint density at radius 3 is 2.71 bits per heavy atom. The zero-order valence-corrected chi connectivity index (χ0v) is 11.2. The highest BCUT2D eigenvalue weighted by atomic mass is 35.5. The molecule has 2 aliphatic rings. The third-order valence-corrected chi connectivity index (χ3v) is 3.95. The molecular weight excluding hydrogens is 234 g/mol. The monoisotopic (exact) mass is 253 g/mol. The Labute approximate surface area is 109 Å². The number of likely N-dealkylation sites (N-methyl/N-ethyl adjacent to an activating group) is 1. The van der Waals surface area contributed by atoms with Crippen LogP contribution < -0.4 is 0 Å². The van der Waals surface area contributed by atoms with Crippen LogP contribution in [0.5, 0.6) is 0 Å². The topological polar surface area (TPSA) is 12.5 Å². The molecule has 2 nitrogen and oxygen atoms in total. The largest absolute Gasteiger partial charge is 0.368 e. The molecule has 0 unspecified atom stereocenters. The van der Waals surface area contributed by atoms with E-state index in [0.29, 0.717) is 18.2 Å². The van der Waals surface area contributed by atoms with E-state index >= 15 is 0 Å². The summed E-state index contributed by atoms with van der Waals surface area (Å²) in [5.41, 5.74) is 2.91. The third-order valence-electron chi connectivity index (χ3n) is 3.95. The standard InChI is InChI=1S/C14H19NO.ClH/c1-15(2)13-8-7-11-9-10-5-3-4-6-12(10)14(13)16-11;/h3-6,11,13-14H,7-9H2,1-2H3;1H/t11-,13-,14-;/m1./s1. The van der Waals surface area contributed by atoms with E-state index in [-0.39, 0.29) is 12.4 Å². The van der Waals surface area contributed by atoms with Crippen molar-refractivity contribution < 1.29 is 4.74 Å². The van der Waals surface area contributed by atoms with Crippen LogP contribution in [-0.4, -0.2) is 31.1 Å². The van der Waals surface area contributed by atoms with Crippen LogP contribution >= 0.6 is 12.4 Å². The maximum atomic E-state index is 6.18. The van der Waals surface area contributed by atoms with E-state index in [2.05, 4.69) is 43.3 Å². The normalized spacial score (nSPS) is 30.6. The molecule has 2 heterocycles. The van der Waals surface area contributed by atoms with Gasteiger partial charge in [0.05, 0.1) is 12.2 Å². The number of rotatable bonds is 1. The van der Waals surface area contributed by atoms with E-state index in [0.717, 1.165) is 6.42 Å². The molecule has 2 bridgehead atoms. The predicted octanol–water partition coefficient (Wildman–Crippen LogP) is 2.81. The van der Waals surface area contributed by atoms with Gasteiger partial charge in [-0.1, -0.05) is 24.3 Å². The molecule has 3 atom stereocenters. The lowest BCUT2D eigenvalue weighted by Gasteiger charge is -2.44. The molecule has 0 spiro atoms. The SMILES string of the molecule is CN(C)[C@@H]1CC[C@@H]2Cc3ccccc3[C@H]1O2.Cl. The Kier molecular flexibility index (Phi) is 3.76. The highest BCUT2D eigenvalue weighted by Gasteiger charge is 2.38. The molecule has 3 heteroatoms. The molecule has 0 N–H and O–H groups in total. The molecule has 0 aliphatic carbocycles. The molecule has 1 aromatic carbocycles. The van der Waals surface area contributed by atoms with Crippen LogP contribution in [0, 0.1) is 0 Å². The van der Waals surface area contributed by atoms with Crippen molar-refractivity contribution in [3.05, 3.63) is 35.4 Å². The fourth-order valence-electron chi connectivity index (χ4n) is 3.08. The zero-order valence-electron chi connectivity index (χ0n) is 10.4. The first-order valence-corrected chi connectivity index (χ1v) is 6.15. The molecule has 1 saturated heterocycles. The Bertz CT molecular complexity index is 394. The zero-order chi connectivity index (χ0) is 11.1. The maximum absolute atomic E-state index is 6.18. The number of benzene rings is 1. The van der Waals surface area contributed by atoms with Crippen molar-refractivity contribution in [2.75, 3.05) is 14.1 Å². The summed E-state index contributed by atoms with van der Waals surface area (Å²) in [7, 11) is 4.32. The second-order valence-corrected chi connectivity index (χ2v) is 5.19. The predicted molar refractivity (Wildman–Crippen MR) is 71.7 cm³/mol. The number of hydrogen-bond donors (Lipinski definition) is 0. The number of fused-ring (bicyclic) bond motifs is 4. The van der Waals surface area contributed by atoms with Crippen LogP contribution in [0.1, 0.15) is 30.1 Å². The fraction of sp³-hybridized carbons (Fsp3) is 0.571. The van der Waals surface area contributed by atoms with E-state index in [1.54, 1.807) is 0 Å². The molecular formula is C14H20ClNO. The molecule has 0 radical (unpaired) electrons. The lowest BCUT2D eigenvalue weighted by Crippen LogP contribution is -2.44. The van der Waals surface area contributed by atoms with Crippen molar-refractivity contribution in [3.63, 3.8) is 0 Å². The summed E-state index contributed by atoms with van der Waals surface area (Å²) in [5.74, 6) is 0. The molecule has 1 aromatic rings. The van der Waals surface area contributed by atoms with Gasteiger partial charge in [0.1, 0.15) is 0 Å². The summed E-state index contributed by atoms with van der Waals surface area (Å²) in [6, 6.07) is 9.31. The highest BCUT2D eigenvalue weighted by Crippen LogP contribution is 2.40. The quantitative estimate of drug-likeness (QED) is 0.763. The van der Waals surface area contributed by atoms with Gasteiger partial charge >= 0.3 is 0 Å². The lowest BCUT2D eigenvalue weighted by molar-refractivity contribution is -0.101. The number of ether oxygens (including phenoxy) is 1. The fourth-order valence-corrected chi connectivity index (χ4v) is 3.08. The first-order valence-electron chi connectivity index (χ1n) is 6.15. The van der Waals surface area contributed by atoms with Crippen molar-refractivity contribution in [1.82, 2.24) is 4.90 Å². The Morgan fingerprint density at radius 2 is 1.94 bits per heavy atom. The van der Waals surface area contributed by atoms with Gasteiger partial charge in [-0.05, 0) is 44.5 Å². The Balaban J connectivity index is 0.00000108. The van der Waals surface area contributed by atoms with Crippen molar-refractivity contribution >= 4 is 12.4 Å². The van der Waals surface area contributed by atoms with Gasteiger partial charge in [0.15, 0.2) is 0 Å². The first kappa shape index (κ1) is 12.9. The van der Waals surface area contributed by atoms with E-state index in [4.69, 9.17) is 4.74 Å². The lowest BCUT2D eigenvalue weighted by atomic mass is 9.83. The molecule has 17 heavy (non-hydrogen) atoms. The van der Waals surface area contributed by atoms with Gasteiger partial charge in [-0.15, -0.1) is 12.4 Å². The van der Waals surface area contributed by atoms with E-state index in [9.17, 15) is 0 Å². The second kappa shape index (κ2) is 4.97. The van der Waals surface area contributed by atoms with Crippen LogP contribution in [0.2, 0.25) is 0 Å². The molecule has 3 rings (SSSR count).